The zero-order valence-corrected chi connectivity index (χ0v) is 14.5. The first-order valence-corrected chi connectivity index (χ1v) is 9.07. The predicted molar refractivity (Wildman–Crippen MR) is 96.4 cm³/mol. The van der Waals surface area contributed by atoms with Crippen molar-refractivity contribution in [2.75, 3.05) is 37.6 Å². The van der Waals surface area contributed by atoms with Crippen molar-refractivity contribution < 1.29 is 4.79 Å². The van der Waals surface area contributed by atoms with E-state index >= 15 is 0 Å². The van der Waals surface area contributed by atoms with Crippen LogP contribution in [0.2, 0.25) is 0 Å². The molecule has 5 rings (SSSR count). The maximum Gasteiger partial charge on any atom is 0.239 e. The molecule has 5 heterocycles. The fourth-order valence-corrected chi connectivity index (χ4v) is 4.01. The number of carbonyl (C=O) groups excluding carboxylic acids is 1. The van der Waals surface area contributed by atoms with Gasteiger partial charge in [-0.05, 0) is 12.1 Å². The van der Waals surface area contributed by atoms with E-state index in [-0.39, 0.29) is 11.9 Å². The molecule has 0 saturated carbocycles. The van der Waals surface area contributed by atoms with Crippen LogP contribution >= 0.6 is 0 Å². The minimum atomic E-state index is -0.0979. The minimum absolute atomic E-state index is 0.0979. The second kappa shape index (κ2) is 6.30. The molecule has 0 radical (unpaired) electrons. The number of amides is 1. The van der Waals surface area contributed by atoms with Crippen LogP contribution in [0.4, 0.5) is 5.82 Å². The molecule has 2 saturated heterocycles. The summed E-state index contributed by atoms with van der Waals surface area (Å²) in [6, 6.07) is 3.78. The van der Waals surface area contributed by atoms with Gasteiger partial charge in [-0.2, -0.15) is 0 Å². The second-order valence-corrected chi connectivity index (χ2v) is 6.93. The van der Waals surface area contributed by atoms with E-state index in [1.54, 1.807) is 12.4 Å². The lowest BCUT2D eigenvalue weighted by molar-refractivity contribution is -0.129. The quantitative estimate of drug-likeness (QED) is 0.772. The van der Waals surface area contributed by atoms with Gasteiger partial charge in [-0.15, -0.1) is 0 Å². The Bertz CT molecular complexity index is 841. The van der Waals surface area contributed by atoms with E-state index in [2.05, 4.69) is 25.4 Å². The lowest BCUT2D eigenvalue weighted by Gasteiger charge is -2.43. The fraction of sp³-hybridized carbons (Fsp3) is 0.444. The summed E-state index contributed by atoms with van der Waals surface area (Å²) in [5.74, 6) is 1.78. The Hall–Kier alpha value is -2.58. The van der Waals surface area contributed by atoms with Gasteiger partial charge in [0.2, 0.25) is 5.91 Å². The van der Waals surface area contributed by atoms with E-state index in [0.717, 1.165) is 61.9 Å². The molecule has 8 heteroatoms. The Morgan fingerprint density at radius 1 is 1.15 bits per heavy atom. The standard InChI is InChI=1S/C18H21N7O/c26-18-15-11-25(7-6-24(15)5-4-21-18)17-13-9-20-10-14(13)22-16(23-17)12-2-1-3-19-8-12/h1-3,8,15,20H,4-7,9-11H2,(H,21,26). The van der Waals surface area contributed by atoms with Crippen LogP contribution in [-0.4, -0.2) is 64.5 Å². The van der Waals surface area contributed by atoms with Gasteiger partial charge in [0, 0.05) is 69.3 Å². The fourth-order valence-electron chi connectivity index (χ4n) is 4.01. The van der Waals surface area contributed by atoms with Crippen molar-refractivity contribution in [2.45, 2.75) is 19.1 Å². The largest absolute Gasteiger partial charge is 0.353 e. The second-order valence-electron chi connectivity index (χ2n) is 6.93. The molecule has 134 valence electrons. The Balaban J connectivity index is 1.52. The third-order valence-corrected chi connectivity index (χ3v) is 5.38. The zero-order valence-electron chi connectivity index (χ0n) is 14.5. The number of nitrogens with one attached hydrogen (secondary N) is 2. The number of nitrogens with zero attached hydrogens (tertiary/aromatic N) is 5. The van der Waals surface area contributed by atoms with Crippen molar-refractivity contribution in [1.82, 2.24) is 30.5 Å². The molecule has 1 amide bonds. The summed E-state index contributed by atoms with van der Waals surface area (Å²) in [4.78, 5) is 30.6. The number of pyridine rings is 1. The molecule has 8 nitrogen and oxygen atoms in total. The molecule has 2 N–H and O–H groups in total. The summed E-state index contributed by atoms with van der Waals surface area (Å²) in [6.07, 6.45) is 3.54. The van der Waals surface area contributed by atoms with Crippen molar-refractivity contribution in [2.24, 2.45) is 0 Å². The molecule has 2 fully saturated rings. The smallest absolute Gasteiger partial charge is 0.239 e. The van der Waals surface area contributed by atoms with Crippen LogP contribution in [0.15, 0.2) is 24.5 Å². The number of hydrogen-bond acceptors (Lipinski definition) is 7. The highest BCUT2D eigenvalue weighted by Crippen LogP contribution is 2.29. The summed E-state index contributed by atoms with van der Waals surface area (Å²) >= 11 is 0. The normalized spacial score (nSPS) is 22.7. The molecule has 1 atom stereocenters. The summed E-state index contributed by atoms with van der Waals surface area (Å²) in [5, 5.41) is 6.36. The molecule has 0 bridgehead atoms. The highest BCUT2D eigenvalue weighted by Gasteiger charge is 2.36. The Morgan fingerprint density at radius 2 is 2.12 bits per heavy atom. The van der Waals surface area contributed by atoms with Crippen molar-refractivity contribution in [1.29, 1.82) is 0 Å². The van der Waals surface area contributed by atoms with E-state index in [9.17, 15) is 4.79 Å². The third kappa shape index (κ3) is 2.62. The van der Waals surface area contributed by atoms with Crippen LogP contribution in [0.5, 0.6) is 0 Å². The Morgan fingerprint density at radius 3 is 3.00 bits per heavy atom. The first-order valence-electron chi connectivity index (χ1n) is 9.07. The molecule has 26 heavy (non-hydrogen) atoms. The summed E-state index contributed by atoms with van der Waals surface area (Å²) in [5.41, 5.74) is 3.11. The number of anilines is 1. The monoisotopic (exact) mass is 351 g/mol. The summed E-state index contributed by atoms with van der Waals surface area (Å²) in [6.45, 7) is 5.62. The van der Waals surface area contributed by atoms with Crippen LogP contribution in [-0.2, 0) is 17.9 Å². The SMILES string of the molecule is O=C1NCCN2CCN(c3nc(-c4cccnc4)nc4c3CNC4)CC12. The van der Waals surface area contributed by atoms with E-state index in [1.165, 1.54) is 0 Å². The summed E-state index contributed by atoms with van der Waals surface area (Å²) < 4.78 is 0. The lowest BCUT2D eigenvalue weighted by Crippen LogP contribution is -2.64. The average molecular weight is 351 g/mol. The zero-order chi connectivity index (χ0) is 17.5. The number of fused-ring (bicyclic) bond motifs is 2. The third-order valence-electron chi connectivity index (χ3n) is 5.38. The molecule has 2 aromatic heterocycles. The molecule has 2 aromatic rings. The maximum absolute atomic E-state index is 12.3. The van der Waals surface area contributed by atoms with Gasteiger partial charge in [0.1, 0.15) is 11.9 Å². The van der Waals surface area contributed by atoms with Gasteiger partial charge in [-0.1, -0.05) is 0 Å². The van der Waals surface area contributed by atoms with Crippen LogP contribution in [0.3, 0.4) is 0 Å². The number of carbonyl (C=O) groups is 1. The van der Waals surface area contributed by atoms with Crippen LogP contribution in [0.1, 0.15) is 11.3 Å². The van der Waals surface area contributed by atoms with Gasteiger partial charge < -0.3 is 15.5 Å². The van der Waals surface area contributed by atoms with Gasteiger partial charge in [-0.25, -0.2) is 9.97 Å². The number of hydrogen-bond donors (Lipinski definition) is 2. The molecule has 0 aliphatic carbocycles. The van der Waals surface area contributed by atoms with E-state index in [4.69, 9.17) is 9.97 Å². The topological polar surface area (TPSA) is 86.3 Å². The van der Waals surface area contributed by atoms with Crippen LogP contribution in [0, 0.1) is 0 Å². The van der Waals surface area contributed by atoms with Crippen LogP contribution < -0.4 is 15.5 Å². The maximum atomic E-state index is 12.3. The van der Waals surface area contributed by atoms with Gasteiger partial charge in [0.05, 0.1) is 5.69 Å². The van der Waals surface area contributed by atoms with E-state index in [0.29, 0.717) is 12.4 Å². The van der Waals surface area contributed by atoms with Gasteiger partial charge in [0.15, 0.2) is 5.82 Å². The minimum Gasteiger partial charge on any atom is -0.353 e. The highest BCUT2D eigenvalue weighted by molar-refractivity contribution is 5.83. The van der Waals surface area contributed by atoms with E-state index in [1.807, 2.05) is 12.1 Å². The van der Waals surface area contributed by atoms with Crippen molar-refractivity contribution in [3.63, 3.8) is 0 Å². The molecule has 0 spiro atoms. The average Bonchev–Trinajstić information content (AvgIpc) is 3.17. The molecular formula is C18H21N7O. The lowest BCUT2D eigenvalue weighted by atomic mass is 10.1. The molecular weight excluding hydrogens is 330 g/mol. The first kappa shape index (κ1) is 15.7. The molecule has 0 aromatic carbocycles. The highest BCUT2D eigenvalue weighted by atomic mass is 16.2. The number of rotatable bonds is 2. The van der Waals surface area contributed by atoms with Gasteiger partial charge in [-0.3, -0.25) is 14.7 Å². The van der Waals surface area contributed by atoms with E-state index < -0.39 is 0 Å². The van der Waals surface area contributed by atoms with Crippen molar-refractivity contribution >= 4 is 11.7 Å². The molecule has 1 unspecified atom stereocenters. The number of aromatic nitrogens is 3. The predicted octanol–water partition coefficient (Wildman–Crippen LogP) is -0.238. The van der Waals surface area contributed by atoms with Gasteiger partial charge in [0.25, 0.3) is 0 Å². The number of piperazine rings is 2. The van der Waals surface area contributed by atoms with Crippen molar-refractivity contribution in [3.8, 4) is 11.4 Å². The Kier molecular flexibility index (Phi) is 3.79. The van der Waals surface area contributed by atoms with Gasteiger partial charge >= 0.3 is 0 Å². The van der Waals surface area contributed by atoms with Crippen molar-refractivity contribution in [3.05, 3.63) is 35.8 Å². The first-order chi connectivity index (χ1) is 12.8. The summed E-state index contributed by atoms with van der Waals surface area (Å²) in [7, 11) is 0. The Labute approximate surface area is 151 Å². The molecule has 3 aliphatic heterocycles. The molecule has 3 aliphatic rings. The van der Waals surface area contributed by atoms with Crippen LogP contribution in [0.25, 0.3) is 11.4 Å².